The molecule has 0 N–H and O–H groups in total. The Bertz CT molecular complexity index is 493. The van der Waals surface area contributed by atoms with Gasteiger partial charge in [-0.2, -0.15) is 0 Å². The van der Waals surface area contributed by atoms with E-state index < -0.39 is 22.3 Å². The van der Waals surface area contributed by atoms with Crippen molar-refractivity contribution in [2.24, 2.45) is 0 Å². The number of hydrogen-bond acceptors (Lipinski definition) is 5. The van der Waals surface area contributed by atoms with Crippen LogP contribution in [0.1, 0.15) is 34.6 Å². The second-order valence-corrected chi connectivity index (χ2v) is 7.16. The zero-order valence-electron chi connectivity index (χ0n) is 13.1. The van der Waals surface area contributed by atoms with Crippen molar-refractivity contribution < 1.29 is 19.1 Å². The maximum atomic E-state index is 12.5. The Hall–Kier alpha value is -1.49. The summed E-state index contributed by atoms with van der Waals surface area (Å²) in [4.78, 5) is 25.5. The molecule has 5 heteroatoms. The second kappa shape index (κ2) is 6.98. The fourth-order valence-electron chi connectivity index (χ4n) is 1.54. The third-order valence-corrected chi connectivity index (χ3v) is 3.77. The molecule has 1 atom stereocenters. The third kappa shape index (κ3) is 5.08. The molecule has 0 fully saturated rings. The Morgan fingerprint density at radius 2 is 1.62 bits per heavy atom. The van der Waals surface area contributed by atoms with Crippen LogP contribution in [0, 0.1) is 0 Å². The standard InChI is InChI=1S/C16H22O4S/c1-6-19-13(17)16(5,14(18)20-15(2,3)4)21-12-10-8-7-9-11-12/h7-11H,6H2,1-5H3/t16-/m0/s1. The first kappa shape index (κ1) is 17.6. The van der Waals surface area contributed by atoms with Crippen molar-refractivity contribution in [2.45, 2.75) is 49.9 Å². The fraction of sp³-hybridized carbons (Fsp3) is 0.500. The monoisotopic (exact) mass is 310 g/mol. The van der Waals surface area contributed by atoms with Crippen molar-refractivity contribution in [2.75, 3.05) is 6.61 Å². The topological polar surface area (TPSA) is 52.6 Å². The molecule has 1 rings (SSSR count). The number of carbonyl (C=O) groups excluding carboxylic acids is 2. The molecule has 21 heavy (non-hydrogen) atoms. The summed E-state index contributed by atoms with van der Waals surface area (Å²) in [5.41, 5.74) is -0.665. The zero-order valence-corrected chi connectivity index (χ0v) is 14.0. The molecule has 0 saturated carbocycles. The molecule has 0 spiro atoms. The van der Waals surface area contributed by atoms with E-state index in [-0.39, 0.29) is 6.61 Å². The molecule has 0 amide bonds. The van der Waals surface area contributed by atoms with Crippen LogP contribution in [0.15, 0.2) is 35.2 Å². The molecule has 0 radical (unpaired) electrons. The molecule has 0 unspecified atom stereocenters. The van der Waals surface area contributed by atoms with Crippen LogP contribution in [0.25, 0.3) is 0 Å². The fourth-order valence-corrected chi connectivity index (χ4v) is 2.57. The first-order valence-electron chi connectivity index (χ1n) is 6.84. The van der Waals surface area contributed by atoms with E-state index in [9.17, 15) is 9.59 Å². The summed E-state index contributed by atoms with van der Waals surface area (Å²) in [6.45, 7) is 8.76. The highest BCUT2D eigenvalue weighted by atomic mass is 32.2. The molecule has 4 nitrogen and oxygen atoms in total. The Morgan fingerprint density at radius 3 is 2.10 bits per heavy atom. The molecule has 0 saturated heterocycles. The van der Waals surface area contributed by atoms with Crippen LogP contribution in [0.5, 0.6) is 0 Å². The number of rotatable bonds is 5. The lowest BCUT2D eigenvalue weighted by Gasteiger charge is -2.29. The summed E-state index contributed by atoms with van der Waals surface area (Å²) in [5, 5.41) is 0. The summed E-state index contributed by atoms with van der Waals surface area (Å²) < 4.78 is 9.01. The van der Waals surface area contributed by atoms with E-state index in [1.807, 2.05) is 30.3 Å². The first-order chi connectivity index (χ1) is 9.69. The van der Waals surface area contributed by atoms with E-state index in [4.69, 9.17) is 9.47 Å². The Balaban J connectivity index is 3.05. The number of hydrogen-bond donors (Lipinski definition) is 0. The number of thioether (sulfide) groups is 1. The van der Waals surface area contributed by atoms with Gasteiger partial charge in [-0.1, -0.05) is 30.0 Å². The molecule has 1 aromatic rings. The van der Waals surface area contributed by atoms with Crippen LogP contribution < -0.4 is 0 Å². The second-order valence-electron chi connectivity index (χ2n) is 5.67. The lowest BCUT2D eigenvalue weighted by molar-refractivity contribution is -0.165. The van der Waals surface area contributed by atoms with Gasteiger partial charge in [-0.25, -0.2) is 9.59 Å². The van der Waals surface area contributed by atoms with Crippen molar-refractivity contribution in [3.8, 4) is 0 Å². The molecule has 1 aromatic carbocycles. The van der Waals surface area contributed by atoms with E-state index in [2.05, 4.69) is 0 Å². The van der Waals surface area contributed by atoms with Crippen LogP contribution in [0.3, 0.4) is 0 Å². The molecular weight excluding hydrogens is 288 g/mol. The van der Waals surface area contributed by atoms with E-state index in [0.717, 1.165) is 16.7 Å². The van der Waals surface area contributed by atoms with Gasteiger partial charge < -0.3 is 9.47 Å². The lowest BCUT2D eigenvalue weighted by Crippen LogP contribution is -2.45. The molecule has 0 aliphatic carbocycles. The van der Waals surface area contributed by atoms with Crippen LogP contribution in [0.2, 0.25) is 0 Å². The minimum absolute atomic E-state index is 0.215. The third-order valence-electron chi connectivity index (χ3n) is 2.52. The number of carbonyl (C=O) groups is 2. The highest BCUT2D eigenvalue weighted by Crippen LogP contribution is 2.36. The molecule has 0 aromatic heterocycles. The SMILES string of the molecule is CCOC(=O)[C@](C)(Sc1ccccc1)C(=O)OC(C)(C)C. The minimum Gasteiger partial charge on any atom is -0.465 e. The molecule has 0 aliphatic rings. The summed E-state index contributed by atoms with van der Waals surface area (Å²) in [7, 11) is 0. The van der Waals surface area contributed by atoms with Crippen molar-refractivity contribution in [1.29, 1.82) is 0 Å². The zero-order chi connectivity index (χ0) is 16.1. The summed E-state index contributed by atoms with van der Waals surface area (Å²) in [5.74, 6) is -1.18. The molecule has 116 valence electrons. The highest BCUT2D eigenvalue weighted by Gasteiger charge is 2.47. The van der Waals surface area contributed by atoms with Gasteiger partial charge in [-0.3, -0.25) is 0 Å². The Morgan fingerprint density at radius 1 is 1.05 bits per heavy atom. The number of esters is 2. The van der Waals surface area contributed by atoms with Gasteiger partial charge >= 0.3 is 11.9 Å². The quantitative estimate of drug-likeness (QED) is 0.474. The largest absolute Gasteiger partial charge is 0.465 e. The highest BCUT2D eigenvalue weighted by molar-refractivity contribution is 8.02. The minimum atomic E-state index is -1.43. The first-order valence-corrected chi connectivity index (χ1v) is 7.65. The molecule has 0 heterocycles. The smallest absolute Gasteiger partial charge is 0.334 e. The van der Waals surface area contributed by atoms with Gasteiger partial charge in [-0.15, -0.1) is 0 Å². The molecule has 0 aliphatic heterocycles. The van der Waals surface area contributed by atoms with Gasteiger partial charge in [0.2, 0.25) is 4.75 Å². The van der Waals surface area contributed by atoms with Gasteiger partial charge in [0.1, 0.15) is 5.60 Å². The van der Waals surface area contributed by atoms with Crippen molar-refractivity contribution in [1.82, 2.24) is 0 Å². The van der Waals surface area contributed by atoms with Gasteiger partial charge in [0, 0.05) is 4.90 Å². The van der Waals surface area contributed by atoms with Gasteiger partial charge in [-0.05, 0) is 46.8 Å². The van der Waals surface area contributed by atoms with Crippen molar-refractivity contribution in [3.63, 3.8) is 0 Å². The Labute approximate surface area is 130 Å². The van der Waals surface area contributed by atoms with Crippen LogP contribution in [-0.2, 0) is 19.1 Å². The normalized spacial score (nSPS) is 14.1. The number of ether oxygens (including phenoxy) is 2. The predicted molar refractivity (Wildman–Crippen MR) is 83.2 cm³/mol. The van der Waals surface area contributed by atoms with E-state index in [1.54, 1.807) is 27.7 Å². The molecule has 0 bridgehead atoms. The number of benzene rings is 1. The van der Waals surface area contributed by atoms with E-state index >= 15 is 0 Å². The van der Waals surface area contributed by atoms with Crippen LogP contribution in [0.4, 0.5) is 0 Å². The average Bonchev–Trinajstić information content (AvgIpc) is 2.38. The van der Waals surface area contributed by atoms with E-state index in [0.29, 0.717) is 0 Å². The van der Waals surface area contributed by atoms with Gasteiger partial charge in [0.05, 0.1) is 6.61 Å². The van der Waals surface area contributed by atoms with Crippen molar-refractivity contribution >= 4 is 23.7 Å². The summed E-state index contributed by atoms with van der Waals surface area (Å²) >= 11 is 1.14. The lowest BCUT2D eigenvalue weighted by atomic mass is 10.1. The van der Waals surface area contributed by atoms with Crippen LogP contribution in [-0.4, -0.2) is 28.9 Å². The van der Waals surface area contributed by atoms with Gasteiger partial charge in [0.15, 0.2) is 0 Å². The van der Waals surface area contributed by atoms with Gasteiger partial charge in [0.25, 0.3) is 0 Å². The predicted octanol–water partition coefficient (Wildman–Crippen LogP) is 3.44. The maximum absolute atomic E-state index is 12.5. The molecular formula is C16H22O4S. The summed E-state index contributed by atoms with van der Waals surface area (Å²) in [6.07, 6.45) is 0. The van der Waals surface area contributed by atoms with Crippen LogP contribution >= 0.6 is 11.8 Å². The Kier molecular flexibility index (Phi) is 5.84. The maximum Gasteiger partial charge on any atom is 0.334 e. The van der Waals surface area contributed by atoms with E-state index in [1.165, 1.54) is 6.92 Å². The average molecular weight is 310 g/mol. The van der Waals surface area contributed by atoms with Crippen molar-refractivity contribution in [3.05, 3.63) is 30.3 Å². The summed E-state index contributed by atoms with van der Waals surface area (Å²) in [6, 6.07) is 9.25.